The van der Waals surface area contributed by atoms with Crippen LogP contribution in [0.15, 0.2) is 170 Å². The van der Waals surface area contributed by atoms with Crippen LogP contribution in [0.1, 0.15) is 52.7 Å². The van der Waals surface area contributed by atoms with Crippen molar-refractivity contribution in [2.45, 2.75) is 52.4 Å². The maximum Gasteiger partial charge on any atom is 0.146 e. The second-order valence-corrected chi connectivity index (χ2v) is 21.2. The van der Waals surface area contributed by atoms with Gasteiger partial charge in [-0.25, -0.2) is 4.98 Å². The van der Waals surface area contributed by atoms with E-state index < -0.39 is 0 Å². The number of pyridine rings is 1. The molecule has 15 aromatic rings. The van der Waals surface area contributed by atoms with E-state index in [9.17, 15) is 0 Å². The lowest BCUT2D eigenvalue weighted by molar-refractivity contribution is 0.591. The molecular formula is C63H46N4. The van der Waals surface area contributed by atoms with Gasteiger partial charge < -0.3 is 8.97 Å². The highest BCUT2D eigenvalue weighted by atomic mass is 15.0. The van der Waals surface area contributed by atoms with Gasteiger partial charge in [0.1, 0.15) is 5.65 Å². The van der Waals surface area contributed by atoms with Crippen LogP contribution in [0, 0.1) is 0 Å². The van der Waals surface area contributed by atoms with Gasteiger partial charge in [-0.05, 0) is 122 Å². The zero-order valence-electron chi connectivity index (χ0n) is 38.5. The molecule has 4 nitrogen and oxygen atoms in total. The number of nitrogens with zero attached hydrogens (tertiary/aromatic N) is 4. The summed E-state index contributed by atoms with van der Waals surface area (Å²) in [5.41, 5.74) is 16.7. The minimum atomic E-state index is -0.0762. The monoisotopic (exact) mass is 858 g/mol. The van der Waals surface area contributed by atoms with Gasteiger partial charge in [0.15, 0.2) is 0 Å². The summed E-state index contributed by atoms with van der Waals surface area (Å²) in [6.45, 7) is 14.0. The van der Waals surface area contributed by atoms with Crippen molar-refractivity contribution in [1.82, 2.24) is 18.4 Å². The van der Waals surface area contributed by atoms with Crippen molar-refractivity contribution in [3.63, 3.8) is 0 Å². The van der Waals surface area contributed by atoms with Gasteiger partial charge in [-0.15, -0.1) is 0 Å². The van der Waals surface area contributed by atoms with E-state index in [1.165, 1.54) is 125 Å². The molecule has 0 unspecified atom stereocenters. The van der Waals surface area contributed by atoms with Gasteiger partial charge in [0.05, 0.1) is 44.1 Å². The molecule has 0 saturated heterocycles. The van der Waals surface area contributed by atoms with Crippen molar-refractivity contribution < 1.29 is 0 Å². The van der Waals surface area contributed by atoms with E-state index in [0.29, 0.717) is 0 Å². The summed E-state index contributed by atoms with van der Waals surface area (Å²) in [4.78, 5) is 5.97. The fourth-order valence-electron chi connectivity index (χ4n) is 12.1. The average Bonchev–Trinajstić information content (AvgIpc) is 4.12. The molecule has 6 aromatic heterocycles. The van der Waals surface area contributed by atoms with Crippen LogP contribution in [-0.2, 0) is 10.8 Å². The van der Waals surface area contributed by atoms with Gasteiger partial charge in [-0.2, -0.15) is 0 Å². The van der Waals surface area contributed by atoms with Crippen LogP contribution in [0.5, 0.6) is 0 Å². The summed E-state index contributed by atoms with van der Waals surface area (Å²) in [5, 5.41) is 16.3. The van der Waals surface area contributed by atoms with E-state index in [0.717, 1.165) is 22.4 Å². The molecule has 0 radical (unpaired) electrons. The molecule has 0 aliphatic rings. The lowest BCUT2D eigenvalue weighted by Gasteiger charge is -2.19. The molecule has 0 spiro atoms. The van der Waals surface area contributed by atoms with Crippen LogP contribution in [0.25, 0.3) is 137 Å². The Bertz CT molecular complexity index is 4620. The largest absolute Gasteiger partial charge is 0.309 e. The van der Waals surface area contributed by atoms with Crippen molar-refractivity contribution in [3.05, 3.63) is 181 Å². The number of fused-ring (bicyclic) bond motifs is 18. The minimum absolute atomic E-state index is 0.0595. The predicted molar refractivity (Wildman–Crippen MR) is 286 cm³/mol. The summed E-state index contributed by atoms with van der Waals surface area (Å²) in [7, 11) is 0. The summed E-state index contributed by atoms with van der Waals surface area (Å²) < 4.78 is 7.48. The molecule has 0 atom stereocenters. The Morgan fingerprint density at radius 3 is 1.75 bits per heavy atom. The standard InChI is InChI=1S/C63H46N4/c1-62(2,3)38-30-46-45-28-36-17-11-13-21-42(36)55(37-25-26-52-44(29-37)43-22-14-15-23-51(43)65(52)40-18-8-7-9-19-40)60(45)67-58(46)47(31-38)48-34-54-57(64-61(48)67)50-33-39(63(4,5)6)32-49-56-41-20-12-10-16-35(41)24-27-53(56)66(54)59(49)50/h7-34H,1-6H3. The van der Waals surface area contributed by atoms with Crippen LogP contribution >= 0.6 is 0 Å². The van der Waals surface area contributed by atoms with Crippen LogP contribution in [0.2, 0.25) is 0 Å². The second kappa shape index (κ2) is 12.5. The number of para-hydroxylation sites is 2. The third kappa shape index (κ3) is 4.79. The molecule has 15 rings (SSSR count). The lowest BCUT2D eigenvalue weighted by atomic mass is 9.85. The quantitative estimate of drug-likeness (QED) is 0.170. The molecule has 0 aliphatic carbocycles. The van der Waals surface area contributed by atoms with E-state index in [1.54, 1.807) is 0 Å². The highest BCUT2D eigenvalue weighted by molar-refractivity contribution is 6.32. The molecule has 0 amide bonds. The van der Waals surface area contributed by atoms with E-state index >= 15 is 0 Å². The molecule has 0 saturated carbocycles. The fraction of sp³-hybridized carbons (Fsp3) is 0.127. The van der Waals surface area contributed by atoms with E-state index in [2.05, 4.69) is 225 Å². The average molecular weight is 859 g/mol. The Morgan fingerprint density at radius 1 is 0.373 bits per heavy atom. The predicted octanol–water partition coefficient (Wildman–Crippen LogP) is 17.0. The van der Waals surface area contributed by atoms with Crippen molar-refractivity contribution in [2.24, 2.45) is 0 Å². The van der Waals surface area contributed by atoms with Crippen molar-refractivity contribution >= 4 is 120 Å². The van der Waals surface area contributed by atoms with Gasteiger partial charge in [-0.1, -0.05) is 139 Å². The number of benzene rings is 9. The van der Waals surface area contributed by atoms with E-state index in [1.807, 2.05) is 0 Å². The first-order valence-electron chi connectivity index (χ1n) is 23.7. The smallest absolute Gasteiger partial charge is 0.146 e. The highest BCUT2D eigenvalue weighted by Gasteiger charge is 2.29. The van der Waals surface area contributed by atoms with Gasteiger partial charge in [0, 0.05) is 59.7 Å². The van der Waals surface area contributed by atoms with Gasteiger partial charge >= 0.3 is 0 Å². The third-order valence-electron chi connectivity index (χ3n) is 15.3. The molecule has 67 heavy (non-hydrogen) atoms. The van der Waals surface area contributed by atoms with Gasteiger partial charge in [0.2, 0.25) is 0 Å². The molecule has 0 bridgehead atoms. The van der Waals surface area contributed by atoms with Crippen LogP contribution in [0.3, 0.4) is 0 Å². The van der Waals surface area contributed by atoms with Crippen LogP contribution < -0.4 is 0 Å². The van der Waals surface area contributed by atoms with Gasteiger partial charge in [-0.3, -0.25) is 4.40 Å². The van der Waals surface area contributed by atoms with E-state index in [-0.39, 0.29) is 10.8 Å². The second-order valence-electron chi connectivity index (χ2n) is 21.2. The highest BCUT2D eigenvalue weighted by Crippen LogP contribution is 2.50. The first kappa shape index (κ1) is 37.3. The summed E-state index contributed by atoms with van der Waals surface area (Å²) in [6, 6.07) is 64.0. The topological polar surface area (TPSA) is 26.6 Å². The molecule has 6 heterocycles. The number of rotatable bonds is 2. The zero-order valence-corrected chi connectivity index (χ0v) is 38.5. The Morgan fingerprint density at radius 2 is 0.970 bits per heavy atom. The summed E-state index contributed by atoms with van der Waals surface area (Å²) in [6.07, 6.45) is 0. The third-order valence-corrected chi connectivity index (χ3v) is 15.3. The molecular weight excluding hydrogens is 813 g/mol. The van der Waals surface area contributed by atoms with E-state index in [4.69, 9.17) is 4.98 Å². The SMILES string of the molecule is CC(C)(C)c1cc2c3nc4c(cc3n3c5ccc6ccccc6c5c(c1)c23)c1cc(C(C)(C)C)cc2c3cc5ccccc5c(-c5ccc6c(c5)c5ccccc5n6-c5ccccc5)c3n4c12. The summed E-state index contributed by atoms with van der Waals surface area (Å²) in [5.74, 6) is 0. The summed E-state index contributed by atoms with van der Waals surface area (Å²) >= 11 is 0. The minimum Gasteiger partial charge on any atom is -0.309 e. The first-order valence-corrected chi connectivity index (χ1v) is 23.7. The number of hydrogen-bond acceptors (Lipinski definition) is 1. The first-order chi connectivity index (χ1) is 32.5. The zero-order chi connectivity index (χ0) is 44.8. The molecule has 0 fully saturated rings. The van der Waals surface area contributed by atoms with Crippen molar-refractivity contribution in [3.8, 4) is 16.8 Å². The molecule has 0 aliphatic heterocycles. The lowest BCUT2D eigenvalue weighted by Crippen LogP contribution is -2.10. The van der Waals surface area contributed by atoms with Crippen LogP contribution in [-0.4, -0.2) is 18.4 Å². The molecule has 318 valence electrons. The molecule has 9 aromatic carbocycles. The normalized spacial score (nSPS) is 13.2. The van der Waals surface area contributed by atoms with Crippen molar-refractivity contribution in [1.29, 1.82) is 0 Å². The Kier molecular flexibility index (Phi) is 6.94. The molecule has 4 heteroatoms. The fourth-order valence-corrected chi connectivity index (χ4v) is 12.1. The van der Waals surface area contributed by atoms with Gasteiger partial charge in [0.25, 0.3) is 0 Å². The maximum absolute atomic E-state index is 5.97. The number of aromatic nitrogens is 4. The maximum atomic E-state index is 5.97. The Hall–Kier alpha value is -7.95. The Balaban J connectivity index is 1.13. The van der Waals surface area contributed by atoms with Crippen molar-refractivity contribution in [2.75, 3.05) is 0 Å². The molecule has 0 N–H and O–H groups in total. The Labute approximate surface area is 386 Å². The number of hydrogen-bond donors (Lipinski definition) is 0. The van der Waals surface area contributed by atoms with Crippen LogP contribution in [0.4, 0.5) is 0 Å².